The Labute approximate surface area is 91.3 Å². The molecule has 0 radical (unpaired) electrons. The molecule has 0 aromatic carbocycles. The van der Waals surface area contributed by atoms with Crippen molar-refractivity contribution in [3.8, 4) is 6.07 Å². The highest BCUT2D eigenvalue weighted by atomic mass is 79.9. The van der Waals surface area contributed by atoms with Gasteiger partial charge >= 0.3 is 0 Å². The van der Waals surface area contributed by atoms with E-state index >= 15 is 0 Å². The molecule has 1 aromatic rings. The number of halogens is 1. The Morgan fingerprint density at radius 1 is 1.64 bits per heavy atom. The normalized spacial score (nSPS) is 14.9. The van der Waals surface area contributed by atoms with Crippen molar-refractivity contribution in [2.24, 2.45) is 5.92 Å². The van der Waals surface area contributed by atoms with E-state index in [1.165, 1.54) is 12.8 Å². The van der Waals surface area contributed by atoms with Crippen LogP contribution < -0.4 is 5.32 Å². The molecule has 0 spiro atoms. The molecule has 1 fully saturated rings. The lowest BCUT2D eigenvalue weighted by Gasteiger charge is -2.06. The Balaban J connectivity index is 2.12. The lowest BCUT2D eigenvalue weighted by molar-refractivity contribution is 0.887. The summed E-state index contributed by atoms with van der Waals surface area (Å²) in [6.45, 7) is 0.951. The fraction of sp³-hybridized carbons (Fsp3) is 0.400. The molecule has 3 nitrogen and oxygen atoms in total. The van der Waals surface area contributed by atoms with Gasteiger partial charge in [-0.2, -0.15) is 5.26 Å². The number of nitriles is 1. The van der Waals surface area contributed by atoms with E-state index in [2.05, 4.69) is 32.3 Å². The predicted octanol–water partition coefficient (Wildman–Crippen LogP) is 2.54. The molecule has 0 amide bonds. The van der Waals surface area contributed by atoms with Crippen molar-refractivity contribution < 1.29 is 0 Å². The number of hydrogen-bond acceptors (Lipinski definition) is 3. The standard InChI is InChI=1S/C10H10BrN3/c11-8-3-9(10(4-12)14-6-8)13-5-7-1-2-7/h3,6-7,13H,1-2,5H2. The summed E-state index contributed by atoms with van der Waals surface area (Å²) in [4.78, 5) is 4.02. The average molecular weight is 252 g/mol. The number of rotatable bonds is 3. The van der Waals surface area contributed by atoms with Gasteiger partial charge in [0.2, 0.25) is 0 Å². The average Bonchev–Trinajstić information content (AvgIpc) is 2.98. The molecule has 4 heteroatoms. The molecule has 0 saturated heterocycles. The highest BCUT2D eigenvalue weighted by Gasteiger charge is 2.21. The van der Waals surface area contributed by atoms with E-state index in [-0.39, 0.29) is 0 Å². The number of nitrogens with zero attached hydrogens (tertiary/aromatic N) is 2. The summed E-state index contributed by atoms with van der Waals surface area (Å²) in [5.74, 6) is 0.792. The van der Waals surface area contributed by atoms with Crippen LogP contribution in [0.2, 0.25) is 0 Å². The van der Waals surface area contributed by atoms with E-state index in [4.69, 9.17) is 5.26 Å². The zero-order chi connectivity index (χ0) is 9.97. The maximum atomic E-state index is 8.82. The summed E-state index contributed by atoms with van der Waals surface area (Å²) >= 11 is 3.34. The van der Waals surface area contributed by atoms with Crippen LogP contribution in [0.25, 0.3) is 0 Å². The van der Waals surface area contributed by atoms with Crippen molar-refractivity contribution in [2.75, 3.05) is 11.9 Å². The lowest BCUT2D eigenvalue weighted by atomic mass is 10.3. The summed E-state index contributed by atoms with van der Waals surface area (Å²) in [7, 11) is 0. The lowest BCUT2D eigenvalue weighted by Crippen LogP contribution is -2.05. The van der Waals surface area contributed by atoms with E-state index < -0.39 is 0 Å². The van der Waals surface area contributed by atoms with E-state index in [0.717, 1.165) is 22.6 Å². The molecule has 1 saturated carbocycles. The highest BCUT2D eigenvalue weighted by molar-refractivity contribution is 9.10. The summed E-state index contributed by atoms with van der Waals surface area (Å²) in [5.41, 5.74) is 1.29. The third-order valence-electron chi connectivity index (χ3n) is 2.24. The molecule has 2 rings (SSSR count). The Hall–Kier alpha value is -1.08. The van der Waals surface area contributed by atoms with E-state index in [1.807, 2.05) is 6.07 Å². The number of anilines is 1. The first kappa shape index (κ1) is 9.47. The van der Waals surface area contributed by atoms with E-state index in [9.17, 15) is 0 Å². The zero-order valence-corrected chi connectivity index (χ0v) is 9.21. The fourth-order valence-electron chi connectivity index (χ4n) is 1.24. The molecule has 0 aliphatic heterocycles. The van der Waals surface area contributed by atoms with Gasteiger partial charge in [-0.25, -0.2) is 4.98 Å². The minimum Gasteiger partial charge on any atom is -0.382 e. The van der Waals surface area contributed by atoms with Crippen LogP contribution in [0.1, 0.15) is 18.5 Å². The second-order valence-electron chi connectivity index (χ2n) is 3.49. The van der Waals surface area contributed by atoms with Gasteiger partial charge in [-0.15, -0.1) is 0 Å². The third kappa shape index (κ3) is 2.24. The quantitative estimate of drug-likeness (QED) is 0.899. The van der Waals surface area contributed by atoms with E-state index in [1.54, 1.807) is 6.20 Å². The number of hydrogen-bond donors (Lipinski definition) is 1. The topological polar surface area (TPSA) is 48.7 Å². The van der Waals surface area contributed by atoms with Crippen molar-refractivity contribution in [3.63, 3.8) is 0 Å². The Morgan fingerprint density at radius 2 is 2.43 bits per heavy atom. The van der Waals surface area contributed by atoms with Crippen LogP contribution in [-0.2, 0) is 0 Å². The van der Waals surface area contributed by atoms with Gasteiger partial charge in [0, 0.05) is 17.2 Å². The number of aromatic nitrogens is 1. The molecule has 1 aromatic heterocycles. The molecule has 1 N–H and O–H groups in total. The zero-order valence-electron chi connectivity index (χ0n) is 7.63. The molecule has 1 aliphatic carbocycles. The predicted molar refractivity (Wildman–Crippen MR) is 57.9 cm³/mol. The molecule has 72 valence electrons. The number of nitrogens with one attached hydrogen (secondary N) is 1. The Bertz CT molecular complexity index is 379. The molecule has 0 atom stereocenters. The largest absolute Gasteiger partial charge is 0.382 e. The molecule has 0 bridgehead atoms. The Kier molecular flexibility index (Phi) is 2.69. The first-order valence-corrected chi connectivity index (χ1v) is 5.38. The van der Waals surface area contributed by atoms with Gasteiger partial charge < -0.3 is 5.32 Å². The third-order valence-corrected chi connectivity index (χ3v) is 2.67. The van der Waals surface area contributed by atoms with Gasteiger partial charge in [0.1, 0.15) is 6.07 Å². The van der Waals surface area contributed by atoms with Gasteiger partial charge in [-0.1, -0.05) is 0 Å². The van der Waals surface area contributed by atoms with Crippen LogP contribution in [0.15, 0.2) is 16.7 Å². The maximum absolute atomic E-state index is 8.82. The van der Waals surface area contributed by atoms with Crippen molar-refractivity contribution in [3.05, 3.63) is 22.4 Å². The highest BCUT2D eigenvalue weighted by Crippen LogP contribution is 2.29. The van der Waals surface area contributed by atoms with Crippen LogP contribution in [0.3, 0.4) is 0 Å². The van der Waals surface area contributed by atoms with Gasteiger partial charge in [-0.05, 0) is 40.8 Å². The molecular weight excluding hydrogens is 242 g/mol. The van der Waals surface area contributed by atoms with Crippen LogP contribution in [-0.4, -0.2) is 11.5 Å². The van der Waals surface area contributed by atoms with Gasteiger partial charge in [0.25, 0.3) is 0 Å². The fourth-order valence-corrected chi connectivity index (χ4v) is 1.57. The first-order valence-electron chi connectivity index (χ1n) is 4.59. The van der Waals surface area contributed by atoms with Gasteiger partial charge in [0.05, 0.1) is 5.69 Å². The second kappa shape index (κ2) is 3.97. The summed E-state index contributed by atoms with van der Waals surface area (Å²) in [6, 6.07) is 3.97. The van der Waals surface area contributed by atoms with Crippen LogP contribution in [0, 0.1) is 17.2 Å². The van der Waals surface area contributed by atoms with Crippen molar-refractivity contribution in [1.29, 1.82) is 5.26 Å². The van der Waals surface area contributed by atoms with E-state index in [0.29, 0.717) is 5.69 Å². The molecule has 0 unspecified atom stereocenters. The Morgan fingerprint density at radius 3 is 3.07 bits per heavy atom. The summed E-state index contributed by atoms with van der Waals surface area (Å²) in [5, 5.41) is 12.1. The van der Waals surface area contributed by atoms with Gasteiger partial charge in [-0.3, -0.25) is 0 Å². The first-order chi connectivity index (χ1) is 6.79. The monoisotopic (exact) mass is 251 g/mol. The van der Waals surface area contributed by atoms with Crippen molar-refractivity contribution in [1.82, 2.24) is 4.98 Å². The maximum Gasteiger partial charge on any atom is 0.163 e. The van der Waals surface area contributed by atoms with Crippen molar-refractivity contribution >= 4 is 21.6 Å². The number of pyridine rings is 1. The SMILES string of the molecule is N#Cc1ncc(Br)cc1NCC1CC1. The minimum absolute atomic E-state index is 0.467. The molecule has 1 heterocycles. The molecular formula is C10H10BrN3. The van der Waals surface area contributed by atoms with Crippen LogP contribution in [0.4, 0.5) is 5.69 Å². The van der Waals surface area contributed by atoms with Gasteiger partial charge in [0.15, 0.2) is 5.69 Å². The summed E-state index contributed by atoms with van der Waals surface area (Å²) in [6.07, 6.45) is 4.24. The summed E-state index contributed by atoms with van der Waals surface area (Å²) < 4.78 is 0.898. The van der Waals surface area contributed by atoms with Crippen LogP contribution >= 0.6 is 15.9 Å². The van der Waals surface area contributed by atoms with Crippen molar-refractivity contribution in [2.45, 2.75) is 12.8 Å². The molecule has 1 aliphatic rings. The van der Waals surface area contributed by atoms with Crippen LogP contribution in [0.5, 0.6) is 0 Å². The molecule has 14 heavy (non-hydrogen) atoms. The smallest absolute Gasteiger partial charge is 0.163 e. The second-order valence-corrected chi connectivity index (χ2v) is 4.40. The minimum atomic E-state index is 0.467.